The van der Waals surface area contributed by atoms with Gasteiger partial charge in [-0.05, 0) is 36.4 Å². The van der Waals surface area contributed by atoms with Gasteiger partial charge in [-0.2, -0.15) is 11.3 Å². The van der Waals surface area contributed by atoms with Crippen LogP contribution in [0.4, 0.5) is 5.69 Å². The van der Waals surface area contributed by atoms with E-state index in [0.717, 1.165) is 27.4 Å². The quantitative estimate of drug-likeness (QED) is 0.716. The second-order valence-corrected chi connectivity index (χ2v) is 7.66. The maximum Gasteiger partial charge on any atom is 0.273 e. The summed E-state index contributed by atoms with van der Waals surface area (Å²) in [5.74, 6) is -0.495. The predicted molar refractivity (Wildman–Crippen MR) is 107 cm³/mol. The average molecular weight is 386 g/mol. The third-order valence-electron chi connectivity index (χ3n) is 3.96. The molecule has 0 spiro atoms. The predicted octanol–water partition coefficient (Wildman–Crippen LogP) is 4.20. The molecule has 0 fully saturated rings. The first-order valence-corrected chi connectivity index (χ1v) is 9.87. The lowest BCUT2D eigenvalue weighted by molar-refractivity contribution is -0.116. The first-order chi connectivity index (χ1) is 12.5. The van der Waals surface area contributed by atoms with Gasteiger partial charge in [0.05, 0.1) is 6.54 Å². The second kappa shape index (κ2) is 7.80. The summed E-state index contributed by atoms with van der Waals surface area (Å²) in [6.45, 7) is 3.86. The molecule has 5 nitrogen and oxygen atoms in total. The molecule has 3 aromatic rings. The van der Waals surface area contributed by atoms with Crippen LogP contribution in [0.5, 0.6) is 0 Å². The zero-order chi connectivity index (χ0) is 18.7. The van der Waals surface area contributed by atoms with Crippen molar-refractivity contribution in [2.24, 2.45) is 0 Å². The Morgan fingerprint density at radius 1 is 1.15 bits per heavy atom. The van der Waals surface area contributed by atoms with Gasteiger partial charge in [-0.1, -0.05) is 18.2 Å². The number of para-hydroxylation sites is 1. The number of nitrogens with zero attached hydrogens (tertiary/aromatic N) is 2. The van der Waals surface area contributed by atoms with Crippen LogP contribution in [0.1, 0.15) is 21.6 Å². The maximum atomic E-state index is 12.5. The van der Waals surface area contributed by atoms with Crippen molar-refractivity contribution < 1.29 is 9.59 Å². The highest BCUT2D eigenvalue weighted by Crippen LogP contribution is 2.26. The molecule has 0 bridgehead atoms. The molecule has 0 radical (unpaired) electrons. The molecule has 1 N–H and O–H groups in total. The molecule has 1 aromatic carbocycles. The van der Waals surface area contributed by atoms with E-state index in [2.05, 4.69) is 10.3 Å². The molecule has 2 heterocycles. The number of likely N-dealkylation sites (N-methyl/N-ethyl adjacent to an activating group) is 1. The average Bonchev–Trinajstić information content (AvgIpc) is 3.28. The Kier molecular flexibility index (Phi) is 5.49. The molecule has 134 valence electrons. The smallest absolute Gasteiger partial charge is 0.273 e. The van der Waals surface area contributed by atoms with Crippen LogP contribution < -0.4 is 5.32 Å². The molecule has 0 saturated heterocycles. The van der Waals surface area contributed by atoms with E-state index in [1.54, 1.807) is 23.8 Å². The Hall–Kier alpha value is -2.51. The van der Waals surface area contributed by atoms with Crippen LogP contribution in [0.3, 0.4) is 0 Å². The van der Waals surface area contributed by atoms with Crippen LogP contribution in [-0.4, -0.2) is 35.3 Å². The molecule has 26 heavy (non-hydrogen) atoms. The van der Waals surface area contributed by atoms with E-state index in [9.17, 15) is 9.59 Å². The summed E-state index contributed by atoms with van der Waals surface area (Å²) >= 11 is 3.01. The van der Waals surface area contributed by atoms with Crippen molar-refractivity contribution in [2.45, 2.75) is 13.8 Å². The molecule has 0 aliphatic rings. The number of aryl methyl sites for hydroxylation is 2. The lowest BCUT2D eigenvalue weighted by Crippen LogP contribution is -2.35. The highest BCUT2D eigenvalue weighted by Gasteiger charge is 2.19. The van der Waals surface area contributed by atoms with Crippen LogP contribution in [-0.2, 0) is 4.79 Å². The molecule has 0 aliphatic heterocycles. The Labute approximate surface area is 160 Å². The van der Waals surface area contributed by atoms with Crippen LogP contribution in [0.25, 0.3) is 10.6 Å². The Bertz CT molecular complexity index is 912. The number of hydrogen-bond acceptors (Lipinski definition) is 5. The summed E-state index contributed by atoms with van der Waals surface area (Å²) in [6.07, 6.45) is 0. The fraction of sp³-hybridized carbons (Fsp3) is 0.211. The van der Waals surface area contributed by atoms with Gasteiger partial charge in [-0.3, -0.25) is 9.59 Å². The van der Waals surface area contributed by atoms with Crippen LogP contribution in [0, 0.1) is 13.8 Å². The van der Waals surface area contributed by atoms with E-state index in [1.165, 1.54) is 16.2 Å². The van der Waals surface area contributed by atoms with E-state index >= 15 is 0 Å². The number of thiophene rings is 1. The summed E-state index contributed by atoms with van der Waals surface area (Å²) in [7, 11) is 1.61. The zero-order valence-corrected chi connectivity index (χ0v) is 16.4. The standard InChI is InChI=1S/C19H19N3O2S2/c1-12-5-4-6-13(2)17(12)21-16(23)9-22(3)19(24)15-11-26-18(20-15)14-7-8-25-10-14/h4-8,10-11H,9H2,1-3H3,(H,21,23). The summed E-state index contributed by atoms with van der Waals surface area (Å²) in [5, 5.41) is 9.40. The number of hydrogen-bond donors (Lipinski definition) is 1. The molecule has 2 aromatic heterocycles. The molecule has 0 aliphatic carbocycles. The Balaban J connectivity index is 1.65. The minimum absolute atomic E-state index is 0.0298. The SMILES string of the molecule is Cc1cccc(C)c1NC(=O)CN(C)C(=O)c1csc(-c2ccsc2)n1. The van der Waals surface area contributed by atoms with E-state index in [4.69, 9.17) is 0 Å². The van der Waals surface area contributed by atoms with E-state index < -0.39 is 0 Å². The number of amides is 2. The molecule has 0 unspecified atom stereocenters. The number of aromatic nitrogens is 1. The van der Waals surface area contributed by atoms with Gasteiger partial charge in [-0.25, -0.2) is 4.98 Å². The highest BCUT2D eigenvalue weighted by molar-refractivity contribution is 7.14. The van der Waals surface area contributed by atoms with Gasteiger partial charge >= 0.3 is 0 Å². The Morgan fingerprint density at radius 2 is 1.88 bits per heavy atom. The summed E-state index contributed by atoms with van der Waals surface area (Å²) in [4.78, 5) is 30.7. The van der Waals surface area contributed by atoms with E-state index in [0.29, 0.717) is 5.69 Å². The van der Waals surface area contributed by atoms with Gasteiger partial charge in [0.2, 0.25) is 5.91 Å². The van der Waals surface area contributed by atoms with E-state index in [1.807, 2.05) is 48.9 Å². The fourth-order valence-electron chi connectivity index (χ4n) is 2.56. The highest BCUT2D eigenvalue weighted by atomic mass is 32.1. The molecular formula is C19H19N3O2S2. The van der Waals surface area contributed by atoms with Crippen LogP contribution in [0.15, 0.2) is 40.4 Å². The molecule has 0 atom stereocenters. The number of nitrogens with one attached hydrogen (secondary N) is 1. The summed E-state index contributed by atoms with van der Waals surface area (Å²) < 4.78 is 0. The summed E-state index contributed by atoms with van der Waals surface area (Å²) in [6, 6.07) is 7.81. The number of benzene rings is 1. The van der Waals surface area contributed by atoms with Gasteiger partial charge in [0.15, 0.2) is 0 Å². The largest absolute Gasteiger partial charge is 0.331 e. The normalized spacial score (nSPS) is 10.6. The van der Waals surface area contributed by atoms with Crippen molar-refractivity contribution in [3.63, 3.8) is 0 Å². The first-order valence-electron chi connectivity index (χ1n) is 8.05. The third kappa shape index (κ3) is 4.00. The van der Waals surface area contributed by atoms with Crippen molar-refractivity contribution in [1.82, 2.24) is 9.88 Å². The molecule has 3 rings (SSSR count). The maximum absolute atomic E-state index is 12.5. The van der Waals surface area contributed by atoms with Gasteiger partial charge in [0.1, 0.15) is 10.7 Å². The number of carbonyl (C=O) groups is 2. The Morgan fingerprint density at radius 3 is 2.54 bits per heavy atom. The van der Waals surface area contributed by atoms with Gasteiger partial charge in [-0.15, -0.1) is 11.3 Å². The minimum atomic E-state index is -0.264. The third-order valence-corrected chi connectivity index (χ3v) is 5.54. The molecular weight excluding hydrogens is 366 g/mol. The second-order valence-electron chi connectivity index (χ2n) is 6.03. The first kappa shape index (κ1) is 18.3. The number of rotatable bonds is 5. The van der Waals surface area contributed by atoms with Crippen molar-refractivity contribution >= 4 is 40.2 Å². The fourth-order valence-corrected chi connectivity index (χ4v) is 4.07. The minimum Gasteiger partial charge on any atom is -0.331 e. The lowest BCUT2D eigenvalue weighted by atomic mass is 10.1. The van der Waals surface area contributed by atoms with Crippen LogP contribution >= 0.6 is 22.7 Å². The van der Waals surface area contributed by atoms with Gasteiger partial charge < -0.3 is 10.2 Å². The van der Waals surface area contributed by atoms with E-state index in [-0.39, 0.29) is 18.4 Å². The van der Waals surface area contributed by atoms with Crippen molar-refractivity contribution in [1.29, 1.82) is 0 Å². The topological polar surface area (TPSA) is 62.3 Å². The monoisotopic (exact) mass is 385 g/mol. The van der Waals surface area contributed by atoms with Crippen molar-refractivity contribution in [3.8, 4) is 10.6 Å². The van der Waals surface area contributed by atoms with Gasteiger partial charge in [0.25, 0.3) is 5.91 Å². The lowest BCUT2D eigenvalue weighted by Gasteiger charge is -2.17. The van der Waals surface area contributed by atoms with Crippen LogP contribution in [0.2, 0.25) is 0 Å². The molecule has 2 amide bonds. The van der Waals surface area contributed by atoms with Crippen molar-refractivity contribution in [3.05, 3.63) is 57.2 Å². The zero-order valence-electron chi connectivity index (χ0n) is 14.8. The van der Waals surface area contributed by atoms with Gasteiger partial charge in [0, 0.05) is 29.1 Å². The number of carbonyl (C=O) groups excluding carboxylic acids is 2. The number of thiazole rings is 1. The van der Waals surface area contributed by atoms with Crippen molar-refractivity contribution in [2.75, 3.05) is 18.9 Å². The molecule has 7 heteroatoms. The number of anilines is 1. The molecule has 0 saturated carbocycles. The summed E-state index contributed by atoms with van der Waals surface area (Å²) in [5.41, 5.74) is 4.15.